The summed E-state index contributed by atoms with van der Waals surface area (Å²) in [6, 6.07) is 0.0676. The molecule has 1 rings (SSSR count). The summed E-state index contributed by atoms with van der Waals surface area (Å²) >= 11 is 1.82. The highest BCUT2D eigenvalue weighted by atomic mass is 32.2. The minimum Gasteiger partial charge on any atom is -0.355 e. The Bertz CT molecular complexity index is 170. The third-order valence-electron chi connectivity index (χ3n) is 2.45. The van der Waals surface area contributed by atoms with Gasteiger partial charge in [-0.1, -0.05) is 6.42 Å². The third-order valence-corrected chi connectivity index (χ3v) is 3.15. The highest BCUT2D eigenvalue weighted by Crippen LogP contribution is 2.06. The van der Waals surface area contributed by atoms with Gasteiger partial charge >= 0.3 is 0 Å². The first-order valence-corrected chi connectivity index (χ1v) is 6.74. The van der Waals surface area contributed by atoms with Gasteiger partial charge in [0.2, 0.25) is 5.91 Å². The summed E-state index contributed by atoms with van der Waals surface area (Å²) in [4.78, 5) is 11.6. The summed E-state index contributed by atoms with van der Waals surface area (Å²) in [6.07, 6.45) is 6.53. The highest BCUT2D eigenvalue weighted by Gasteiger charge is 2.19. The number of hydrogen-bond donors (Lipinski definition) is 2. The van der Waals surface area contributed by atoms with Crippen molar-refractivity contribution < 1.29 is 4.79 Å². The number of rotatable bonds is 5. The largest absolute Gasteiger partial charge is 0.355 e. The lowest BCUT2D eigenvalue weighted by Crippen LogP contribution is -2.46. The summed E-state index contributed by atoms with van der Waals surface area (Å²) in [6.45, 7) is 1.81. The number of carbonyl (C=O) groups is 1. The van der Waals surface area contributed by atoms with Crippen LogP contribution < -0.4 is 10.6 Å². The van der Waals surface area contributed by atoms with Gasteiger partial charge in [-0.2, -0.15) is 11.8 Å². The average molecular weight is 216 g/mol. The summed E-state index contributed by atoms with van der Waals surface area (Å²) in [7, 11) is 0. The number of amides is 1. The minimum absolute atomic E-state index is 0.0676. The normalized spacial score (nSPS) is 21.9. The van der Waals surface area contributed by atoms with Crippen molar-refractivity contribution in [2.75, 3.05) is 25.1 Å². The van der Waals surface area contributed by atoms with Gasteiger partial charge in [0.15, 0.2) is 0 Å². The molecular formula is C10H20N2OS. The fraction of sp³-hybridized carbons (Fsp3) is 0.900. The maximum Gasteiger partial charge on any atom is 0.237 e. The molecule has 1 heterocycles. The minimum atomic E-state index is 0.0676. The van der Waals surface area contributed by atoms with E-state index in [1.54, 1.807) is 0 Å². The van der Waals surface area contributed by atoms with Crippen molar-refractivity contribution in [3.05, 3.63) is 0 Å². The number of nitrogens with one attached hydrogen (secondary N) is 2. The Morgan fingerprint density at radius 2 is 2.43 bits per heavy atom. The van der Waals surface area contributed by atoms with Crippen molar-refractivity contribution in [1.82, 2.24) is 10.6 Å². The Kier molecular flexibility index (Phi) is 6.03. The Morgan fingerprint density at radius 1 is 1.57 bits per heavy atom. The summed E-state index contributed by atoms with van der Waals surface area (Å²) in [5.74, 6) is 1.31. The summed E-state index contributed by atoms with van der Waals surface area (Å²) in [5, 5.41) is 6.21. The molecule has 4 heteroatoms. The van der Waals surface area contributed by atoms with E-state index in [1.165, 1.54) is 12.8 Å². The van der Waals surface area contributed by atoms with E-state index < -0.39 is 0 Å². The van der Waals surface area contributed by atoms with Crippen LogP contribution in [0.5, 0.6) is 0 Å². The monoisotopic (exact) mass is 216 g/mol. The first kappa shape index (κ1) is 11.9. The fourth-order valence-corrected chi connectivity index (χ4v) is 2.06. The van der Waals surface area contributed by atoms with Gasteiger partial charge in [0.1, 0.15) is 0 Å². The number of piperidine rings is 1. The predicted molar refractivity (Wildman–Crippen MR) is 61.7 cm³/mol. The van der Waals surface area contributed by atoms with Crippen LogP contribution in [0.15, 0.2) is 0 Å². The molecule has 1 amide bonds. The number of carbonyl (C=O) groups excluding carboxylic acids is 1. The van der Waals surface area contributed by atoms with Crippen LogP contribution in [-0.4, -0.2) is 37.0 Å². The van der Waals surface area contributed by atoms with Crippen molar-refractivity contribution in [3.8, 4) is 0 Å². The Labute approximate surface area is 90.4 Å². The Hall–Kier alpha value is -0.220. The molecule has 0 aromatic carbocycles. The van der Waals surface area contributed by atoms with Gasteiger partial charge < -0.3 is 10.6 Å². The lowest BCUT2D eigenvalue weighted by molar-refractivity contribution is -0.123. The lowest BCUT2D eigenvalue weighted by atomic mass is 10.0. The molecule has 0 bridgehead atoms. The lowest BCUT2D eigenvalue weighted by Gasteiger charge is -2.22. The van der Waals surface area contributed by atoms with E-state index in [2.05, 4.69) is 16.9 Å². The van der Waals surface area contributed by atoms with Gasteiger partial charge in [-0.3, -0.25) is 4.79 Å². The molecule has 0 unspecified atom stereocenters. The first-order chi connectivity index (χ1) is 6.84. The van der Waals surface area contributed by atoms with Gasteiger partial charge in [0.05, 0.1) is 6.04 Å². The topological polar surface area (TPSA) is 41.1 Å². The summed E-state index contributed by atoms with van der Waals surface area (Å²) < 4.78 is 0. The van der Waals surface area contributed by atoms with E-state index in [9.17, 15) is 4.79 Å². The number of thioether (sulfide) groups is 1. The van der Waals surface area contributed by atoms with E-state index in [0.717, 1.165) is 31.7 Å². The van der Waals surface area contributed by atoms with Crippen LogP contribution in [0.25, 0.3) is 0 Å². The molecule has 0 aromatic rings. The molecule has 0 saturated carbocycles. The molecule has 0 aliphatic carbocycles. The summed E-state index contributed by atoms with van der Waals surface area (Å²) in [5.41, 5.74) is 0. The molecule has 0 spiro atoms. The Morgan fingerprint density at radius 3 is 3.07 bits per heavy atom. The maximum atomic E-state index is 11.6. The highest BCUT2D eigenvalue weighted by molar-refractivity contribution is 7.98. The molecule has 82 valence electrons. The van der Waals surface area contributed by atoms with Crippen LogP contribution in [0, 0.1) is 0 Å². The smallest absolute Gasteiger partial charge is 0.237 e. The zero-order chi connectivity index (χ0) is 10.2. The molecule has 3 nitrogen and oxygen atoms in total. The second-order valence-corrected chi connectivity index (χ2v) is 4.63. The van der Waals surface area contributed by atoms with Crippen LogP contribution in [-0.2, 0) is 4.79 Å². The van der Waals surface area contributed by atoms with Crippen molar-refractivity contribution in [3.63, 3.8) is 0 Å². The zero-order valence-corrected chi connectivity index (χ0v) is 9.66. The second-order valence-electron chi connectivity index (χ2n) is 3.64. The SMILES string of the molecule is CSCCCNC(=O)[C@H]1CCCCN1. The molecule has 1 aliphatic rings. The molecular weight excluding hydrogens is 196 g/mol. The first-order valence-electron chi connectivity index (χ1n) is 5.34. The van der Waals surface area contributed by atoms with Crippen molar-refractivity contribution in [2.24, 2.45) is 0 Å². The van der Waals surface area contributed by atoms with Crippen LogP contribution in [0.3, 0.4) is 0 Å². The average Bonchev–Trinajstić information content (AvgIpc) is 2.25. The maximum absolute atomic E-state index is 11.6. The molecule has 1 fully saturated rings. The van der Waals surface area contributed by atoms with E-state index in [1.807, 2.05) is 11.8 Å². The van der Waals surface area contributed by atoms with Crippen LogP contribution >= 0.6 is 11.8 Å². The van der Waals surface area contributed by atoms with Crippen molar-refractivity contribution in [2.45, 2.75) is 31.7 Å². The molecule has 14 heavy (non-hydrogen) atoms. The van der Waals surface area contributed by atoms with Gasteiger partial charge in [0, 0.05) is 6.54 Å². The molecule has 0 radical (unpaired) electrons. The van der Waals surface area contributed by atoms with Gasteiger partial charge in [0.25, 0.3) is 0 Å². The number of hydrogen-bond acceptors (Lipinski definition) is 3. The van der Waals surface area contributed by atoms with E-state index in [4.69, 9.17) is 0 Å². The molecule has 1 atom stereocenters. The molecule has 1 saturated heterocycles. The van der Waals surface area contributed by atoms with E-state index in [0.29, 0.717) is 0 Å². The van der Waals surface area contributed by atoms with Crippen LogP contribution in [0.2, 0.25) is 0 Å². The van der Waals surface area contributed by atoms with Gasteiger partial charge in [-0.15, -0.1) is 0 Å². The zero-order valence-electron chi connectivity index (χ0n) is 8.84. The fourth-order valence-electron chi connectivity index (χ4n) is 1.63. The van der Waals surface area contributed by atoms with Crippen LogP contribution in [0.4, 0.5) is 0 Å². The molecule has 1 aliphatic heterocycles. The van der Waals surface area contributed by atoms with Crippen LogP contribution in [0.1, 0.15) is 25.7 Å². The second kappa shape index (κ2) is 7.12. The van der Waals surface area contributed by atoms with E-state index >= 15 is 0 Å². The van der Waals surface area contributed by atoms with Gasteiger partial charge in [-0.25, -0.2) is 0 Å². The van der Waals surface area contributed by atoms with Crippen molar-refractivity contribution >= 4 is 17.7 Å². The van der Waals surface area contributed by atoms with Gasteiger partial charge in [-0.05, 0) is 37.8 Å². The Balaban J connectivity index is 2.07. The quantitative estimate of drug-likeness (QED) is 0.674. The predicted octanol–water partition coefficient (Wildman–Crippen LogP) is 0.998. The third kappa shape index (κ3) is 4.33. The van der Waals surface area contributed by atoms with Crippen molar-refractivity contribution in [1.29, 1.82) is 0 Å². The molecule has 0 aromatic heterocycles. The van der Waals surface area contributed by atoms with E-state index in [-0.39, 0.29) is 11.9 Å². The standard InChI is InChI=1S/C10H20N2OS/c1-14-8-4-7-12-10(13)9-5-2-3-6-11-9/h9,11H,2-8H2,1H3,(H,12,13)/t9-/m1/s1. The molecule has 2 N–H and O–H groups in total.